The van der Waals surface area contributed by atoms with Crippen molar-refractivity contribution in [1.82, 2.24) is 9.97 Å². The Labute approximate surface area is 121 Å². The topological polar surface area (TPSA) is 47.0 Å². The Bertz CT molecular complexity index is 711. The van der Waals surface area contributed by atoms with Crippen molar-refractivity contribution in [2.24, 2.45) is 0 Å². The lowest BCUT2D eigenvalue weighted by Gasteiger charge is -2.05. The van der Waals surface area contributed by atoms with Crippen molar-refractivity contribution >= 4 is 27.4 Å². The van der Waals surface area contributed by atoms with Crippen LogP contribution in [0.4, 0.5) is 5.95 Å². The fraction of sp³-hybridized carbons (Fsp3) is 0.200. The highest BCUT2D eigenvalue weighted by molar-refractivity contribution is 7.17. The van der Waals surface area contributed by atoms with E-state index in [9.17, 15) is 0 Å². The summed E-state index contributed by atoms with van der Waals surface area (Å²) in [5, 5.41) is 6.78. The summed E-state index contributed by atoms with van der Waals surface area (Å²) in [7, 11) is 1.60. The van der Waals surface area contributed by atoms with Crippen LogP contribution in [0.2, 0.25) is 0 Å². The van der Waals surface area contributed by atoms with Crippen molar-refractivity contribution in [1.29, 1.82) is 0 Å². The monoisotopic (exact) mass is 285 g/mol. The molecule has 0 aliphatic carbocycles. The van der Waals surface area contributed by atoms with Gasteiger partial charge in [0.1, 0.15) is 0 Å². The molecule has 4 nitrogen and oxygen atoms in total. The predicted octanol–water partition coefficient (Wildman–Crippen LogP) is 3.35. The molecule has 0 amide bonds. The van der Waals surface area contributed by atoms with E-state index in [1.165, 1.54) is 15.6 Å². The van der Waals surface area contributed by atoms with Crippen molar-refractivity contribution in [3.05, 3.63) is 47.5 Å². The molecule has 1 aromatic carbocycles. The van der Waals surface area contributed by atoms with E-state index in [4.69, 9.17) is 4.74 Å². The minimum Gasteiger partial charge on any atom is -0.481 e. The van der Waals surface area contributed by atoms with E-state index in [0.29, 0.717) is 11.8 Å². The molecule has 0 spiro atoms. The number of fused-ring (bicyclic) bond motifs is 1. The predicted molar refractivity (Wildman–Crippen MR) is 82.6 cm³/mol. The third-order valence-corrected chi connectivity index (χ3v) is 4.09. The van der Waals surface area contributed by atoms with Gasteiger partial charge >= 0.3 is 0 Å². The molecule has 3 rings (SSSR count). The van der Waals surface area contributed by atoms with Crippen molar-refractivity contribution in [3.8, 4) is 5.88 Å². The molecule has 0 radical (unpaired) electrons. The Morgan fingerprint density at radius 3 is 3.05 bits per heavy atom. The zero-order chi connectivity index (χ0) is 13.8. The molecule has 2 heterocycles. The smallest absolute Gasteiger partial charge is 0.225 e. The van der Waals surface area contributed by atoms with Gasteiger partial charge in [-0.3, -0.25) is 0 Å². The lowest BCUT2D eigenvalue weighted by Crippen LogP contribution is -2.07. The first-order chi connectivity index (χ1) is 9.86. The van der Waals surface area contributed by atoms with Crippen molar-refractivity contribution in [2.75, 3.05) is 19.0 Å². The Kier molecular flexibility index (Phi) is 3.78. The van der Waals surface area contributed by atoms with Crippen molar-refractivity contribution < 1.29 is 4.74 Å². The van der Waals surface area contributed by atoms with E-state index in [2.05, 4.69) is 44.9 Å². The van der Waals surface area contributed by atoms with Crippen LogP contribution in [0.5, 0.6) is 5.88 Å². The van der Waals surface area contributed by atoms with Gasteiger partial charge in [-0.25, -0.2) is 4.98 Å². The highest BCUT2D eigenvalue weighted by Gasteiger charge is 2.04. The van der Waals surface area contributed by atoms with Crippen LogP contribution in [-0.4, -0.2) is 23.6 Å². The van der Waals surface area contributed by atoms with Crippen LogP contribution in [0.1, 0.15) is 5.56 Å². The average molecular weight is 285 g/mol. The molecule has 1 N–H and O–H groups in total. The Balaban J connectivity index is 1.65. The number of hydrogen-bond donors (Lipinski definition) is 1. The number of hydrogen-bond acceptors (Lipinski definition) is 5. The molecule has 0 saturated carbocycles. The molecular weight excluding hydrogens is 270 g/mol. The largest absolute Gasteiger partial charge is 0.481 e. The van der Waals surface area contributed by atoms with Crippen LogP contribution in [-0.2, 0) is 6.42 Å². The van der Waals surface area contributed by atoms with Gasteiger partial charge < -0.3 is 10.1 Å². The maximum Gasteiger partial charge on any atom is 0.225 e. The molecular formula is C15H15N3OS. The van der Waals surface area contributed by atoms with Gasteiger partial charge in [0.2, 0.25) is 11.8 Å². The zero-order valence-electron chi connectivity index (χ0n) is 11.2. The summed E-state index contributed by atoms with van der Waals surface area (Å²) < 4.78 is 6.41. The number of nitrogens with one attached hydrogen (secondary N) is 1. The molecule has 102 valence electrons. The van der Waals surface area contributed by atoms with Crippen LogP contribution < -0.4 is 10.1 Å². The normalized spacial score (nSPS) is 10.7. The van der Waals surface area contributed by atoms with E-state index >= 15 is 0 Å². The van der Waals surface area contributed by atoms with Crippen molar-refractivity contribution in [2.45, 2.75) is 6.42 Å². The molecule has 3 aromatic rings. The summed E-state index contributed by atoms with van der Waals surface area (Å²) in [5.74, 6) is 1.17. The summed E-state index contributed by atoms with van der Waals surface area (Å²) in [6, 6.07) is 10.2. The SMILES string of the molecule is COc1ccnc(NCCc2csc3ccccc23)n1. The third kappa shape index (κ3) is 2.72. The van der Waals surface area contributed by atoms with Crippen LogP contribution in [0.3, 0.4) is 0 Å². The second-order valence-corrected chi connectivity index (χ2v) is 5.27. The number of nitrogens with zero attached hydrogens (tertiary/aromatic N) is 2. The van der Waals surface area contributed by atoms with Crippen LogP contribution in [0, 0.1) is 0 Å². The first kappa shape index (κ1) is 12.9. The van der Waals surface area contributed by atoms with E-state index in [0.717, 1.165) is 13.0 Å². The second-order valence-electron chi connectivity index (χ2n) is 4.36. The molecule has 0 saturated heterocycles. The number of ether oxygens (including phenoxy) is 1. The quantitative estimate of drug-likeness (QED) is 0.781. The molecule has 2 aromatic heterocycles. The van der Waals surface area contributed by atoms with E-state index in [1.807, 2.05) is 0 Å². The van der Waals surface area contributed by atoms with E-state index in [1.54, 1.807) is 30.7 Å². The van der Waals surface area contributed by atoms with Crippen LogP contribution in [0.25, 0.3) is 10.1 Å². The molecule has 0 fully saturated rings. The summed E-state index contributed by atoms with van der Waals surface area (Å²) in [5.41, 5.74) is 1.36. The fourth-order valence-corrected chi connectivity index (χ4v) is 3.07. The van der Waals surface area contributed by atoms with Gasteiger partial charge in [-0.05, 0) is 28.8 Å². The Hall–Kier alpha value is -2.14. The van der Waals surface area contributed by atoms with Gasteiger partial charge in [0.25, 0.3) is 0 Å². The molecule has 0 unspecified atom stereocenters. The van der Waals surface area contributed by atoms with Gasteiger partial charge in [0.05, 0.1) is 7.11 Å². The summed E-state index contributed by atoms with van der Waals surface area (Å²) in [6.45, 7) is 0.799. The first-order valence-electron chi connectivity index (χ1n) is 6.43. The number of benzene rings is 1. The van der Waals surface area contributed by atoms with Gasteiger partial charge in [-0.15, -0.1) is 11.3 Å². The van der Waals surface area contributed by atoms with Gasteiger partial charge in [0.15, 0.2) is 0 Å². The zero-order valence-corrected chi connectivity index (χ0v) is 12.0. The summed E-state index contributed by atoms with van der Waals surface area (Å²) >= 11 is 1.79. The molecule has 5 heteroatoms. The third-order valence-electron chi connectivity index (χ3n) is 3.08. The summed E-state index contributed by atoms with van der Waals surface area (Å²) in [6.07, 6.45) is 2.64. The maximum absolute atomic E-state index is 5.08. The van der Waals surface area contributed by atoms with Gasteiger partial charge in [-0.1, -0.05) is 18.2 Å². The number of methoxy groups -OCH3 is 1. The van der Waals surface area contributed by atoms with Crippen LogP contribution in [0.15, 0.2) is 41.9 Å². The molecule has 0 aliphatic rings. The molecule has 0 aliphatic heterocycles. The molecule has 0 bridgehead atoms. The second kappa shape index (κ2) is 5.88. The number of aromatic nitrogens is 2. The van der Waals surface area contributed by atoms with Crippen molar-refractivity contribution in [3.63, 3.8) is 0 Å². The van der Waals surface area contributed by atoms with E-state index < -0.39 is 0 Å². The minimum absolute atomic E-state index is 0.573. The summed E-state index contributed by atoms with van der Waals surface area (Å²) in [4.78, 5) is 8.40. The number of anilines is 1. The van der Waals surface area contributed by atoms with E-state index in [-0.39, 0.29) is 0 Å². The lowest BCUT2D eigenvalue weighted by atomic mass is 10.1. The highest BCUT2D eigenvalue weighted by Crippen LogP contribution is 2.25. The maximum atomic E-state index is 5.08. The van der Waals surface area contributed by atoms with Gasteiger partial charge in [-0.2, -0.15) is 4.98 Å². The standard InChI is InChI=1S/C15H15N3OS/c1-19-14-7-9-17-15(18-14)16-8-6-11-10-20-13-5-3-2-4-12(11)13/h2-5,7,9-10H,6,8H2,1H3,(H,16,17,18). The van der Waals surface area contributed by atoms with Gasteiger partial charge in [0, 0.05) is 23.5 Å². The number of thiophene rings is 1. The Morgan fingerprint density at radius 1 is 1.25 bits per heavy atom. The highest BCUT2D eigenvalue weighted by atomic mass is 32.1. The fourth-order valence-electron chi connectivity index (χ4n) is 2.08. The average Bonchev–Trinajstić information content (AvgIpc) is 2.91. The van der Waals surface area contributed by atoms with Crippen LogP contribution >= 0.6 is 11.3 Å². The molecule has 0 atom stereocenters. The minimum atomic E-state index is 0.573. The first-order valence-corrected chi connectivity index (χ1v) is 7.31. The number of rotatable bonds is 5. The molecule has 20 heavy (non-hydrogen) atoms. The lowest BCUT2D eigenvalue weighted by molar-refractivity contribution is 0.397. The Morgan fingerprint density at radius 2 is 2.15 bits per heavy atom.